The van der Waals surface area contributed by atoms with Crippen LogP contribution in [0.1, 0.15) is 23.2 Å². The Balaban J connectivity index is 2.74. The van der Waals surface area contributed by atoms with Crippen molar-refractivity contribution in [3.63, 3.8) is 0 Å². The molecule has 0 aliphatic rings. The molecule has 2 amide bonds. The SMILES string of the molecule is NC(=O)CCC(NC(=O)c1cnccc1Cl)C(=O)O. The topological polar surface area (TPSA) is 122 Å². The van der Waals surface area contributed by atoms with Crippen LogP contribution in [0, 0.1) is 0 Å². The third-order valence-electron chi connectivity index (χ3n) is 2.30. The lowest BCUT2D eigenvalue weighted by Crippen LogP contribution is -2.41. The second kappa shape index (κ2) is 6.69. The van der Waals surface area contributed by atoms with E-state index in [2.05, 4.69) is 10.3 Å². The highest BCUT2D eigenvalue weighted by atomic mass is 35.5. The first kappa shape index (κ1) is 14.9. The molecule has 8 heteroatoms. The predicted octanol–water partition coefficient (Wildman–Crippen LogP) is 0.183. The van der Waals surface area contributed by atoms with E-state index in [1.165, 1.54) is 18.5 Å². The summed E-state index contributed by atoms with van der Waals surface area (Å²) in [7, 11) is 0. The van der Waals surface area contributed by atoms with Gasteiger partial charge in [0.2, 0.25) is 5.91 Å². The van der Waals surface area contributed by atoms with Gasteiger partial charge in [-0.15, -0.1) is 0 Å². The molecule has 0 aromatic carbocycles. The molecule has 102 valence electrons. The lowest BCUT2D eigenvalue weighted by Gasteiger charge is -2.14. The average molecular weight is 286 g/mol. The number of nitrogens with zero attached hydrogens (tertiary/aromatic N) is 1. The van der Waals surface area contributed by atoms with Crippen LogP contribution in [-0.4, -0.2) is 33.9 Å². The fourth-order valence-corrected chi connectivity index (χ4v) is 1.52. The molecular weight excluding hydrogens is 274 g/mol. The Hall–Kier alpha value is -2.15. The van der Waals surface area contributed by atoms with Crippen molar-refractivity contribution in [3.8, 4) is 0 Å². The molecule has 7 nitrogen and oxygen atoms in total. The van der Waals surface area contributed by atoms with Crippen molar-refractivity contribution >= 4 is 29.4 Å². The molecule has 0 fully saturated rings. The maximum Gasteiger partial charge on any atom is 0.326 e. The lowest BCUT2D eigenvalue weighted by atomic mass is 10.1. The molecule has 1 unspecified atom stereocenters. The zero-order valence-electron chi connectivity index (χ0n) is 9.80. The summed E-state index contributed by atoms with van der Waals surface area (Å²) in [6.07, 6.45) is 2.40. The quantitative estimate of drug-likeness (QED) is 0.688. The Morgan fingerprint density at radius 3 is 2.68 bits per heavy atom. The molecule has 0 bridgehead atoms. The number of primary amides is 1. The monoisotopic (exact) mass is 285 g/mol. The first-order chi connectivity index (χ1) is 8.91. The minimum Gasteiger partial charge on any atom is -0.480 e. The summed E-state index contributed by atoms with van der Waals surface area (Å²) in [5, 5.41) is 11.4. The third-order valence-corrected chi connectivity index (χ3v) is 2.62. The number of nitrogens with one attached hydrogen (secondary N) is 1. The third kappa shape index (κ3) is 4.55. The van der Waals surface area contributed by atoms with Gasteiger partial charge in [-0.25, -0.2) is 4.79 Å². The van der Waals surface area contributed by atoms with Crippen LogP contribution in [-0.2, 0) is 9.59 Å². The molecule has 1 atom stereocenters. The van der Waals surface area contributed by atoms with Gasteiger partial charge in [0.15, 0.2) is 0 Å². The van der Waals surface area contributed by atoms with Crippen molar-refractivity contribution in [2.75, 3.05) is 0 Å². The van der Waals surface area contributed by atoms with E-state index < -0.39 is 23.8 Å². The summed E-state index contributed by atoms with van der Waals surface area (Å²) in [4.78, 5) is 37.1. The minimum atomic E-state index is -1.25. The number of hydrogen-bond donors (Lipinski definition) is 3. The van der Waals surface area contributed by atoms with Gasteiger partial charge >= 0.3 is 5.97 Å². The zero-order chi connectivity index (χ0) is 14.4. The van der Waals surface area contributed by atoms with Crippen LogP contribution in [0.15, 0.2) is 18.5 Å². The van der Waals surface area contributed by atoms with Gasteiger partial charge in [0, 0.05) is 18.8 Å². The molecule has 1 rings (SSSR count). The standard InChI is InChI=1S/C11H12ClN3O4/c12-7-3-4-14-5-6(7)10(17)15-8(11(18)19)1-2-9(13)16/h3-5,8H,1-2H2,(H2,13,16)(H,15,17)(H,18,19). The summed E-state index contributed by atoms with van der Waals surface area (Å²) >= 11 is 5.79. The number of carboxylic acid groups (broad SMARTS) is 1. The summed E-state index contributed by atoms with van der Waals surface area (Å²) < 4.78 is 0. The highest BCUT2D eigenvalue weighted by Gasteiger charge is 2.22. The van der Waals surface area contributed by atoms with Gasteiger partial charge in [0.1, 0.15) is 6.04 Å². The normalized spacial score (nSPS) is 11.6. The lowest BCUT2D eigenvalue weighted by molar-refractivity contribution is -0.139. The number of aliphatic carboxylic acids is 1. The van der Waals surface area contributed by atoms with Crippen LogP contribution in [0.5, 0.6) is 0 Å². The molecule has 4 N–H and O–H groups in total. The summed E-state index contributed by atoms with van der Waals surface area (Å²) in [6, 6.07) is 0.201. The van der Waals surface area contributed by atoms with Crippen LogP contribution in [0.3, 0.4) is 0 Å². The molecule has 19 heavy (non-hydrogen) atoms. The van der Waals surface area contributed by atoms with Gasteiger partial charge < -0.3 is 16.2 Å². The fraction of sp³-hybridized carbons (Fsp3) is 0.273. The largest absolute Gasteiger partial charge is 0.480 e. The van der Waals surface area contributed by atoms with Crippen molar-refractivity contribution in [2.24, 2.45) is 5.73 Å². The summed E-state index contributed by atoms with van der Waals surface area (Å²) in [5.41, 5.74) is 5.00. The number of carbonyl (C=O) groups excluding carboxylic acids is 2. The number of amides is 2. The summed E-state index contributed by atoms with van der Waals surface area (Å²) in [6.45, 7) is 0. The molecule has 1 aromatic rings. The van der Waals surface area contributed by atoms with Crippen LogP contribution < -0.4 is 11.1 Å². The molecular formula is C11H12ClN3O4. The first-order valence-electron chi connectivity index (χ1n) is 5.33. The summed E-state index contributed by atoms with van der Waals surface area (Å²) in [5.74, 6) is -2.57. The smallest absolute Gasteiger partial charge is 0.326 e. The highest BCUT2D eigenvalue weighted by Crippen LogP contribution is 2.13. The number of nitrogens with two attached hydrogens (primary N) is 1. The Morgan fingerprint density at radius 1 is 1.47 bits per heavy atom. The second-order valence-electron chi connectivity index (χ2n) is 3.72. The van der Waals surface area contributed by atoms with Crippen molar-refractivity contribution in [3.05, 3.63) is 29.0 Å². The number of aromatic nitrogens is 1. The van der Waals surface area contributed by atoms with Crippen LogP contribution in [0.25, 0.3) is 0 Å². The fourth-order valence-electron chi connectivity index (χ4n) is 1.32. The van der Waals surface area contributed by atoms with Crippen LogP contribution >= 0.6 is 11.6 Å². The van der Waals surface area contributed by atoms with Gasteiger partial charge in [0.05, 0.1) is 10.6 Å². The Morgan fingerprint density at radius 2 is 2.16 bits per heavy atom. The van der Waals surface area contributed by atoms with Gasteiger partial charge in [-0.05, 0) is 12.5 Å². The van der Waals surface area contributed by atoms with Gasteiger partial charge in [-0.2, -0.15) is 0 Å². The highest BCUT2D eigenvalue weighted by molar-refractivity contribution is 6.33. The Bertz CT molecular complexity index is 506. The molecule has 1 aromatic heterocycles. The van der Waals surface area contributed by atoms with Crippen LogP contribution in [0.2, 0.25) is 5.02 Å². The predicted molar refractivity (Wildman–Crippen MR) is 66.6 cm³/mol. The number of halogens is 1. The maximum absolute atomic E-state index is 11.8. The van der Waals surface area contributed by atoms with Crippen molar-refractivity contribution in [1.29, 1.82) is 0 Å². The molecule has 0 aliphatic carbocycles. The van der Waals surface area contributed by atoms with E-state index in [9.17, 15) is 14.4 Å². The molecule has 0 aliphatic heterocycles. The number of pyridine rings is 1. The minimum absolute atomic E-state index is 0.0643. The molecule has 1 heterocycles. The average Bonchev–Trinajstić information content (AvgIpc) is 2.34. The van der Waals surface area contributed by atoms with E-state index in [0.717, 1.165) is 0 Å². The zero-order valence-corrected chi connectivity index (χ0v) is 10.6. The van der Waals surface area contributed by atoms with E-state index in [-0.39, 0.29) is 23.4 Å². The Labute approximate surface area is 113 Å². The molecule has 0 saturated heterocycles. The van der Waals surface area contributed by atoms with Gasteiger partial charge in [-0.3, -0.25) is 14.6 Å². The van der Waals surface area contributed by atoms with E-state index >= 15 is 0 Å². The second-order valence-corrected chi connectivity index (χ2v) is 4.13. The van der Waals surface area contributed by atoms with E-state index in [1.807, 2.05) is 0 Å². The molecule has 0 saturated carbocycles. The van der Waals surface area contributed by atoms with Gasteiger partial charge in [0.25, 0.3) is 5.91 Å². The number of carbonyl (C=O) groups is 3. The van der Waals surface area contributed by atoms with E-state index in [1.54, 1.807) is 0 Å². The van der Waals surface area contributed by atoms with Crippen molar-refractivity contribution in [1.82, 2.24) is 10.3 Å². The van der Waals surface area contributed by atoms with E-state index in [0.29, 0.717) is 0 Å². The number of carboxylic acids is 1. The van der Waals surface area contributed by atoms with Crippen LogP contribution in [0.4, 0.5) is 0 Å². The Kier molecular flexibility index (Phi) is 5.25. The maximum atomic E-state index is 11.8. The van der Waals surface area contributed by atoms with Crippen molar-refractivity contribution < 1.29 is 19.5 Å². The van der Waals surface area contributed by atoms with Gasteiger partial charge in [-0.1, -0.05) is 11.6 Å². The first-order valence-corrected chi connectivity index (χ1v) is 5.71. The number of hydrogen-bond acceptors (Lipinski definition) is 4. The van der Waals surface area contributed by atoms with E-state index in [4.69, 9.17) is 22.4 Å². The number of rotatable bonds is 6. The molecule has 0 radical (unpaired) electrons. The van der Waals surface area contributed by atoms with Crippen molar-refractivity contribution in [2.45, 2.75) is 18.9 Å². The molecule has 0 spiro atoms.